The molecule has 1 aliphatic carbocycles. The Labute approximate surface area is 94.8 Å². The van der Waals surface area contributed by atoms with E-state index in [2.05, 4.69) is 21.7 Å². The molecular formula is C11H17N3O2. The number of rotatable bonds is 2. The highest BCUT2D eigenvalue weighted by Crippen LogP contribution is 2.30. The zero-order valence-electron chi connectivity index (χ0n) is 9.72. The van der Waals surface area contributed by atoms with Gasteiger partial charge >= 0.3 is 5.97 Å². The number of ether oxygens (including phenoxy) is 1. The first-order valence-corrected chi connectivity index (χ1v) is 5.70. The largest absolute Gasteiger partial charge is 0.463 e. The average molecular weight is 223 g/mol. The smallest absolute Gasteiger partial charge is 0.377 e. The molecule has 1 aromatic rings. The fourth-order valence-electron chi connectivity index (χ4n) is 2.14. The topological polar surface area (TPSA) is 57.0 Å². The van der Waals surface area contributed by atoms with Gasteiger partial charge in [-0.1, -0.05) is 6.92 Å². The number of nitrogens with zero attached hydrogens (tertiary/aromatic N) is 3. The normalized spacial score (nSPS) is 25.4. The van der Waals surface area contributed by atoms with Crippen molar-refractivity contribution in [2.45, 2.75) is 38.6 Å². The van der Waals surface area contributed by atoms with E-state index in [1.54, 1.807) is 11.0 Å². The summed E-state index contributed by atoms with van der Waals surface area (Å²) >= 11 is 0. The molecular weight excluding hydrogens is 206 g/mol. The fourth-order valence-corrected chi connectivity index (χ4v) is 2.14. The van der Waals surface area contributed by atoms with Crippen LogP contribution in [-0.4, -0.2) is 27.8 Å². The summed E-state index contributed by atoms with van der Waals surface area (Å²) in [5.41, 5.74) is 0. The van der Waals surface area contributed by atoms with Gasteiger partial charge in [-0.15, -0.1) is 5.10 Å². The van der Waals surface area contributed by atoms with Gasteiger partial charge in [0, 0.05) is 0 Å². The van der Waals surface area contributed by atoms with E-state index in [1.807, 2.05) is 0 Å². The molecule has 88 valence electrons. The number of carbonyl (C=O) groups excluding carboxylic acids is 1. The molecule has 5 nitrogen and oxygen atoms in total. The molecule has 5 heteroatoms. The summed E-state index contributed by atoms with van der Waals surface area (Å²) in [6.07, 6.45) is 6.30. The Hall–Kier alpha value is -1.39. The van der Waals surface area contributed by atoms with Gasteiger partial charge in [0.25, 0.3) is 5.82 Å². The molecule has 0 amide bonds. The first-order chi connectivity index (χ1) is 7.70. The minimum absolute atomic E-state index is 0.154. The van der Waals surface area contributed by atoms with Crippen LogP contribution in [0.1, 0.15) is 49.3 Å². The molecule has 0 radical (unpaired) electrons. The number of hydrogen-bond acceptors (Lipinski definition) is 4. The summed E-state index contributed by atoms with van der Waals surface area (Å²) < 4.78 is 6.38. The molecule has 0 aromatic carbocycles. The number of aromatic nitrogens is 3. The van der Waals surface area contributed by atoms with E-state index in [1.165, 1.54) is 20.0 Å². The van der Waals surface area contributed by atoms with Crippen LogP contribution in [0.3, 0.4) is 0 Å². The van der Waals surface area contributed by atoms with Crippen LogP contribution in [0.25, 0.3) is 0 Å². The van der Waals surface area contributed by atoms with E-state index in [9.17, 15) is 4.79 Å². The van der Waals surface area contributed by atoms with Crippen LogP contribution in [0.15, 0.2) is 6.33 Å². The highest BCUT2D eigenvalue weighted by atomic mass is 16.5. The quantitative estimate of drug-likeness (QED) is 0.717. The van der Waals surface area contributed by atoms with Crippen molar-refractivity contribution in [2.24, 2.45) is 5.92 Å². The van der Waals surface area contributed by atoms with Crippen LogP contribution in [0.4, 0.5) is 0 Å². The minimum atomic E-state index is -0.470. The Morgan fingerprint density at radius 3 is 2.75 bits per heavy atom. The monoisotopic (exact) mass is 223 g/mol. The van der Waals surface area contributed by atoms with Crippen molar-refractivity contribution in [1.82, 2.24) is 14.8 Å². The Morgan fingerprint density at radius 1 is 1.44 bits per heavy atom. The van der Waals surface area contributed by atoms with Crippen molar-refractivity contribution in [3.05, 3.63) is 12.2 Å². The maximum absolute atomic E-state index is 11.2. The van der Waals surface area contributed by atoms with Gasteiger partial charge in [-0.25, -0.2) is 14.5 Å². The average Bonchev–Trinajstić information content (AvgIpc) is 2.78. The molecule has 1 heterocycles. The Morgan fingerprint density at radius 2 is 2.12 bits per heavy atom. The van der Waals surface area contributed by atoms with Gasteiger partial charge in [-0.05, 0) is 31.6 Å². The van der Waals surface area contributed by atoms with Gasteiger partial charge in [0.05, 0.1) is 13.2 Å². The summed E-state index contributed by atoms with van der Waals surface area (Å²) in [7, 11) is 1.34. The molecule has 1 fully saturated rings. The van der Waals surface area contributed by atoms with Crippen molar-refractivity contribution in [3.63, 3.8) is 0 Å². The molecule has 0 saturated heterocycles. The lowest BCUT2D eigenvalue weighted by atomic mass is 9.87. The van der Waals surface area contributed by atoms with Crippen LogP contribution < -0.4 is 0 Å². The summed E-state index contributed by atoms with van der Waals surface area (Å²) in [5, 5.41) is 4.16. The first kappa shape index (κ1) is 11.1. The predicted molar refractivity (Wildman–Crippen MR) is 58.0 cm³/mol. The second-order valence-corrected chi connectivity index (χ2v) is 4.45. The third-order valence-electron chi connectivity index (χ3n) is 3.24. The van der Waals surface area contributed by atoms with Gasteiger partial charge in [-0.3, -0.25) is 0 Å². The van der Waals surface area contributed by atoms with E-state index in [-0.39, 0.29) is 5.82 Å². The van der Waals surface area contributed by atoms with Crippen molar-refractivity contribution in [1.29, 1.82) is 0 Å². The number of esters is 1. The maximum atomic E-state index is 11.2. The molecule has 0 spiro atoms. The Balaban J connectivity index is 2.04. The van der Waals surface area contributed by atoms with E-state index in [4.69, 9.17) is 0 Å². The molecule has 0 aliphatic heterocycles. The summed E-state index contributed by atoms with van der Waals surface area (Å²) in [6.45, 7) is 2.28. The molecule has 0 unspecified atom stereocenters. The third kappa shape index (κ3) is 2.23. The van der Waals surface area contributed by atoms with Crippen LogP contribution in [-0.2, 0) is 4.74 Å². The van der Waals surface area contributed by atoms with Gasteiger partial charge in [0.15, 0.2) is 0 Å². The lowest BCUT2D eigenvalue weighted by Crippen LogP contribution is -2.17. The second-order valence-electron chi connectivity index (χ2n) is 4.45. The zero-order valence-corrected chi connectivity index (χ0v) is 9.72. The highest BCUT2D eigenvalue weighted by Gasteiger charge is 2.21. The molecule has 0 bridgehead atoms. The Kier molecular flexibility index (Phi) is 3.22. The molecule has 16 heavy (non-hydrogen) atoms. The van der Waals surface area contributed by atoms with Crippen LogP contribution in [0, 0.1) is 5.92 Å². The van der Waals surface area contributed by atoms with Gasteiger partial charge in [0.2, 0.25) is 0 Å². The summed E-state index contributed by atoms with van der Waals surface area (Å²) in [6, 6.07) is 0.391. The van der Waals surface area contributed by atoms with Crippen LogP contribution >= 0.6 is 0 Å². The lowest BCUT2D eigenvalue weighted by molar-refractivity contribution is 0.0586. The highest BCUT2D eigenvalue weighted by molar-refractivity contribution is 5.84. The third-order valence-corrected chi connectivity index (χ3v) is 3.24. The summed E-state index contributed by atoms with van der Waals surface area (Å²) in [5.74, 6) is 0.490. The van der Waals surface area contributed by atoms with Crippen LogP contribution in [0.5, 0.6) is 0 Å². The van der Waals surface area contributed by atoms with Gasteiger partial charge in [0.1, 0.15) is 6.33 Å². The molecule has 0 atom stereocenters. The molecule has 2 rings (SSSR count). The SMILES string of the molecule is COC(=O)c1ncn(C2CCC(C)CC2)n1. The van der Waals surface area contributed by atoms with Crippen molar-refractivity contribution in [3.8, 4) is 0 Å². The molecule has 1 aromatic heterocycles. The van der Waals surface area contributed by atoms with Gasteiger partial charge < -0.3 is 4.74 Å². The van der Waals surface area contributed by atoms with Crippen molar-refractivity contribution in [2.75, 3.05) is 7.11 Å². The standard InChI is InChI=1S/C11H17N3O2/c1-8-3-5-9(6-4-8)14-7-12-10(13-14)11(15)16-2/h7-9H,3-6H2,1-2H3. The Bertz CT molecular complexity index is 367. The predicted octanol–water partition coefficient (Wildman–Crippen LogP) is 1.82. The first-order valence-electron chi connectivity index (χ1n) is 5.70. The number of carbonyl (C=O) groups is 1. The van der Waals surface area contributed by atoms with Crippen molar-refractivity contribution < 1.29 is 9.53 Å². The minimum Gasteiger partial charge on any atom is -0.463 e. The van der Waals surface area contributed by atoms with Crippen LogP contribution in [0.2, 0.25) is 0 Å². The zero-order chi connectivity index (χ0) is 11.5. The number of methoxy groups -OCH3 is 1. The van der Waals surface area contributed by atoms with E-state index in [0.717, 1.165) is 18.8 Å². The molecule has 0 N–H and O–H groups in total. The second kappa shape index (κ2) is 4.63. The number of hydrogen-bond donors (Lipinski definition) is 0. The summed E-state index contributed by atoms with van der Waals surface area (Å²) in [4.78, 5) is 15.2. The lowest BCUT2D eigenvalue weighted by Gasteiger charge is -2.25. The van der Waals surface area contributed by atoms with Crippen molar-refractivity contribution >= 4 is 5.97 Å². The van der Waals surface area contributed by atoms with E-state index in [0.29, 0.717) is 6.04 Å². The fraction of sp³-hybridized carbons (Fsp3) is 0.727. The van der Waals surface area contributed by atoms with E-state index < -0.39 is 5.97 Å². The molecule has 1 saturated carbocycles. The maximum Gasteiger partial charge on any atom is 0.377 e. The van der Waals surface area contributed by atoms with Gasteiger partial charge in [-0.2, -0.15) is 0 Å². The van der Waals surface area contributed by atoms with E-state index >= 15 is 0 Å². The molecule has 1 aliphatic rings.